The van der Waals surface area contributed by atoms with E-state index in [-0.39, 0.29) is 18.2 Å². The van der Waals surface area contributed by atoms with Crippen molar-refractivity contribution in [3.63, 3.8) is 0 Å². The lowest BCUT2D eigenvalue weighted by atomic mass is 10.1. The summed E-state index contributed by atoms with van der Waals surface area (Å²) in [5.74, 6) is -0.121. The molecule has 0 saturated carbocycles. The number of halogens is 1. The highest BCUT2D eigenvalue weighted by Crippen LogP contribution is 2.14. The third-order valence-corrected chi connectivity index (χ3v) is 5.38. The van der Waals surface area contributed by atoms with Crippen LogP contribution in [0.1, 0.15) is 27.0 Å². The van der Waals surface area contributed by atoms with Gasteiger partial charge in [0.25, 0.3) is 5.91 Å². The van der Waals surface area contributed by atoms with E-state index in [0.717, 1.165) is 11.8 Å². The van der Waals surface area contributed by atoms with Gasteiger partial charge in [-0.25, -0.2) is 12.8 Å². The quantitative estimate of drug-likeness (QED) is 0.476. The van der Waals surface area contributed by atoms with Crippen molar-refractivity contribution in [3.05, 3.63) is 70.5 Å². The third-order valence-electron chi connectivity index (χ3n) is 4.54. The molecule has 31 heavy (non-hydrogen) atoms. The van der Waals surface area contributed by atoms with E-state index < -0.39 is 15.7 Å². The number of hydrogen-bond donors (Lipinski definition) is 2. The second kappa shape index (κ2) is 10.9. The van der Waals surface area contributed by atoms with Crippen molar-refractivity contribution < 1.29 is 17.6 Å². The molecule has 2 aromatic carbocycles. The molecular weight excluding hydrogens is 419 g/mol. The van der Waals surface area contributed by atoms with Gasteiger partial charge in [-0.15, -0.1) is 0 Å². The molecule has 0 aliphatic carbocycles. The van der Waals surface area contributed by atoms with Gasteiger partial charge >= 0.3 is 0 Å². The third kappa shape index (κ3) is 8.01. The average Bonchev–Trinajstić information content (AvgIpc) is 2.70. The molecule has 0 spiro atoms. The zero-order valence-electron chi connectivity index (χ0n) is 18.3. The highest BCUT2D eigenvalue weighted by molar-refractivity contribution is 7.89. The topological polar surface area (TPSA) is 90.9 Å². The van der Waals surface area contributed by atoms with Crippen LogP contribution in [0.5, 0.6) is 0 Å². The van der Waals surface area contributed by atoms with E-state index in [1.165, 1.54) is 23.1 Å². The maximum Gasteiger partial charge on any atom is 0.253 e. The maximum atomic E-state index is 13.7. The van der Waals surface area contributed by atoms with Crippen LogP contribution in [0, 0.1) is 5.82 Å². The first kappa shape index (κ1) is 24.3. The summed E-state index contributed by atoms with van der Waals surface area (Å²) in [6.07, 6.45) is 1.82. The molecule has 2 rings (SSSR count). The van der Waals surface area contributed by atoms with Gasteiger partial charge in [0.15, 0.2) is 15.8 Å². The smallest absolute Gasteiger partial charge is 0.253 e. The summed E-state index contributed by atoms with van der Waals surface area (Å²) in [5.41, 5.74) is 2.75. The van der Waals surface area contributed by atoms with Crippen molar-refractivity contribution in [2.24, 2.45) is 4.99 Å². The summed E-state index contributed by atoms with van der Waals surface area (Å²) in [7, 11) is 1.81. The van der Waals surface area contributed by atoms with E-state index in [1.807, 2.05) is 18.2 Å². The molecule has 0 heterocycles. The number of carbonyl (C=O) groups excluding carboxylic acids is 1. The number of amides is 1. The van der Waals surface area contributed by atoms with Gasteiger partial charge in [0.05, 0.1) is 5.75 Å². The highest BCUT2D eigenvalue weighted by atomic mass is 32.2. The van der Waals surface area contributed by atoms with E-state index in [9.17, 15) is 17.6 Å². The van der Waals surface area contributed by atoms with Crippen LogP contribution in [0.3, 0.4) is 0 Å². The van der Waals surface area contributed by atoms with Gasteiger partial charge in [-0.05, 0) is 47.4 Å². The zero-order chi connectivity index (χ0) is 23.0. The van der Waals surface area contributed by atoms with Crippen LogP contribution in [0.15, 0.2) is 47.5 Å². The highest BCUT2D eigenvalue weighted by Gasteiger charge is 2.11. The zero-order valence-corrected chi connectivity index (χ0v) is 19.1. The molecule has 0 aromatic heterocycles. The summed E-state index contributed by atoms with van der Waals surface area (Å²) in [6.45, 7) is 0.799. The minimum absolute atomic E-state index is 0.0488. The van der Waals surface area contributed by atoms with Crippen molar-refractivity contribution in [1.29, 1.82) is 0 Å². The van der Waals surface area contributed by atoms with E-state index in [2.05, 4.69) is 15.6 Å². The summed E-state index contributed by atoms with van der Waals surface area (Å²) in [5, 5.41) is 6.26. The summed E-state index contributed by atoms with van der Waals surface area (Å²) >= 11 is 0. The van der Waals surface area contributed by atoms with E-state index in [1.54, 1.807) is 27.2 Å². The minimum atomic E-state index is -3.24. The molecule has 2 N–H and O–H groups in total. The standard InChI is InChI=1S/C22H29FN4O3S/c1-24-22(25-11-10-16-6-5-7-17(12-16)21(28)27(2)3)26-14-19-13-20(23)9-8-18(19)15-31(4,29)30/h5-9,12-13H,10-11,14-15H2,1-4H3,(H2,24,25,26). The Hall–Kier alpha value is -2.94. The van der Waals surface area contributed by atoms with Crippen molar-refractivity contribution in [2.75, 3.05) is 33.9 Å². The lowest BCUT2D eigenvalue weighted by Crippen LogP contribution is -2.38. The van der Waals surface area contributed by atoms with Crippen LogP contribution in [-0.4, -0.2) is 59.1 Å². The summed E-state index contributed by atoms with van der Waals surface area (Å²) < 4.78 is 36.9. The number of guanidine groups is 1. The van der Waals surface area contributed by atoms with Crippen molar-refractivity contribution in [3.8, 4) is 0 Å². The molecule has 1 amide bonds. The normalized spacial score (nSPS) is 11.8. The number of nitrogens with one attached hydrogen (secondary N) is 2. The van der Waals surface area contributed by atoms with E-state index >= 15 is 0 Å². The second-order valence-corrected chi connectivity index (χ2v) is 9.63. The molecule has 0 aliphatic heterocycles. The molecule has 0 fully saturated rings. The van der Waals surface area contributed by atoms with E-state index in [4.69, 9.17) is 0 Å². The Balaban J connectivity index is 1.95. The number of sulfone groups is 1. The summed E-state index contributed by atoms with van der Waals surface area (Å²) in [4.78, 5) is 17.8. The van der Waals surface area contributed by atoms with Gasteiger partial charge in [0, 0.05) is 46.1 Å². The van der Waals surface area contributed by atoms with Gasteiger partial charge < -0.3 is 15.5 Å². The molecule has 0 saturated heterocycles. The molecular formula is C22H29FN4O3S. The van der Waals surface area contributed by atoms with Crippen LogP contribution in [0.4, 0.5) is 4.39 Å². The molecule has 0 aliphatic rings. The maximum absolute atomic E-state index is 13.7. The van der Waals surface area contributed by atoms with Crippen LogP contribution >= 0.6 is 0 Å². The SMILES string of the molecule is CN=C(NCCc1cccc(C(=O)N(C)C)c1)NCc1cc(F)ccc1CS(C)(=O)=O. The molecule has 2 aromatic rings. The first-order valence-corrected chi connectivity index (χ1v) is 11.8. The molecule has 0 unspecified atom stereocenters. The number of carbonyl (C=O) groups is 1. The second-order valence-electron chi connectivity index (χ2n) is 7.49. The van der Waals surface area contributed by atoms with Crippen LogP contribution in [0.25, 0.3) is 0 Å². The van der Waals surface area contributed by atoms with Crippen molar-refractivity contribution >= 4 is 21.7 Å². The van der Waals surface area contributed by atoms with Gasteiger partial charge in [-0.1, -0.05) is 18.2 Å². The van der Waals surface area contributed by atoms with Crippen LogP contribution in [0.2, 0.25) is 0 Å². The Morgan fingerprint density at radius 2 is 1.84 bits per heavy atom. The van der Waals surface area contributed by atoms with Gasteiger partial charge in [-0.2, -0.15) is 0 Å². The van der Waals surface area contributed by atoms with Gasteiger partial charge in [-0.3, -0.25) is 9.79 Å². The lowest BCUT2D eigenvalue weighted by molar-refractivity contribution is 0.0827. The largest absolute Gasteiger partial charge is 0.356 e. The Bertz CT molecular complexity index is 1050. The molecule has 168 valence electrons. The van der Waals surface area contributed by atoms with Crippen molar-refractivity contribution in [2.45, 2.75) is 18.7 Å². The number of hydrogen-bond acceptors (Lipinski definition) is 4. The van der Waals surface area contributed by atoms with Crippen molar-refractivity contribution in [1.82, 2.24) is 15.5 Å². The fourth-order valence-electron chi connectivity index (χ4n) is 3.03. The van der Waals surface area contributed by atoms with Gasteiger partial charge in [0.1, 0.15) is 5.82 Å². The van der Waals surface area contributed by atoms with Crippen LogP contribution in [-0.2, 0) is 28.6 Å². The predicted octanol–water partition coefficient (Wildman–Crippen LogP) is 1.98. The Morgan fingerprint density at radius 1 is 1.10 bits per heavy atom. The minimum Gasteiger partial charge on any atom is -0.356 e. The number of benzene rings is 2. The number of nitrogens with zero attached hydrogens (tertiary/aromatic N) is 2. The molecule has 0 bridgehead atoms. The molecule has 0 atom stereocenters. The first-order valence-electron chi connectivity index (χ1n) is 9.79. The molecule has 7 nitrogen and oxygen atoms in total. The fraction of sp³-hybridized carbons (Fsp3) is 0.364. The average molecular weight is 449 g/mol. The fourth-order valence-corrected chi connectivity index (χ4v) is 3.87. The number of rotatable bonds is 8. The summed E-state index contributed by atoms with van der Waals surface area (Å²) in [6, 6.07) is 11.5. The Labute approximate surface area is 183 Å². The van der Waals surface area contributed by atoms with Gasteiger partial charge in [0.2, 0.25) is 0 Å². The molecule has 0 radical (unpaired) electrons. The van der Waals surface area contributed by atoms with Crippen LogP contribution < -0.4 is 10.6 Å². The Kier molecular flexibility index (Phi) is 8.56. The Morgan fingerprint density at radius 3 is 2.48 bits per heavy atom. The first-order chi connectivity index (χ1) is 14.6. The lowest BCUT2D eigenvalue weighted by Gasteiger charge is -2.15. The monoisotopic (exact) mass is 448 g/mol. The van der Waals surface area contributed by atoms with E-state index in [0.29, 0.717) is 35.6 Å². The predicted molar refractivity (Wildman–Crippen MR) is 121 cm³/mol. The molecule has 9 heteroatoms. The number of aliphatic imine (C=N–C) groups is 1.